The SMILES string of the molecule is CCC1CCC(O)C(CN2CCC(COC)C2)C1. The molecule has 4 unspecified atom stereocenters. The Labute approximate surface area is 112 Å². The number of hydrogen-bond acceptors (Lipinski definition) is 3. The molecule has 1 heterocycles. The van der Waals surface area contributed by atoms with Crippen LogP contribution in [0.5, 0.6) is 0 Å². The van der Waals surface area contributed by atoms with Gasteiger partial charge in [0.25, 0.3) is 0 Å². The molecule has 106 valence electrons. The van der Waals surface area contributed by atoms with Crippen molar-refractivity contribution in [1.82, 2.24) is 4.90 Å². The molecule has 18 heavy (non-hydrogen) atoms. The van der Waals surface area contributed by atoms with E-state index in [4.69, 9.17) is 4.74 Å². The largest absolute Gasteiger partial charge is 0.393 e. The number of aliphatic hydroxyl groups is 1. The molecule has 0 aromatic heterocycles. The fourth-order valence-electron chi connectivity index (χ4n) is 3.69. The van der Waals surface area contributed by atoms with E-state index < -0.39 is 0 Å². The number of rotatable bonds is 5. The van der Waals surface area contributed by atoms with Crippen molar-refractivity contribution in [2.24, 2.45) is 17.8 Å². The minimum atomic E-state index is -0.0609. The number of nitrogens with zero attached hydrogens (tertiary/aromatic N) is 1. The van der Waals surface area contributed by atoms with Gasteiger partial charge in [0.15, 0.2) is 0 Å². The van der Waals surface area contributed by atoms with Gasteiger partial charge in [0.2, 0.25) is 0 Å². The van der Waals surface area contributed by atoms with Gasteiger partial charge in [-0.2, -0.15) is 0 Å². The van der Waals surface area contributed by atoms with E-state index in [2.05, 4.69) is 11.8 Å². The highest BCUT2D eigenvalue weighted by Crippen LogP contribution is 2.32. The zero-order valence-electron chi connectivity index (χ0n) is 12.0. The molecule has 2 fully saturated rings. The average Bonchev–Trinajstić information content (AvgIpc) is 2.80. The molecule has 2 rings (SSSR count). The van der Waals surface area contributed by atoms with Crippen LogP contribution in [0.25, 0.3) is 0 Å². The van der Waals surface area contributed by atoms with Gasteiger partial charge in [-0.3, -0.25) is 0 Å². The first-order valence-corrected chi connectivity index (χ1v) is 7.62. The summed E-state index contributed by atoms with van der Waals surface area (Å²) in [7, 11) is 1.79. The van der Waals surface area contributed by atoms with Crippen molar-refractivity contribution in [2.45, 2.75) is 45.1 Å². The molecule has 3 heteroatoms. The zero-order valence-corrected chi connectivity index (χ0v) is 12.0. The van der Waals surface area contributed by atoms with Gasteiger partial charge in [0.1, 0.15) is 0 Å². The lowest BCUT2D eigenvalue weighted by atomic mass is 9.78. The monoisotopic (exact) mass is 255 g/mol. The number of aliphatic hydroxyl groups excluding tert-OH is 1. The minimum absolute atomic E-state index is 0.0609. The van der Waals surface area contributed by atoms with E-state index in [0.29, 0.717) is 11.8 Å². The summed E-state index contributed by atoms with van der Waals surface area (Å²) in [5, 5.41) is 10.2. The van der Waals surface area contributed by atoms with E-state index in [9.17, 15) is 5.11 Å². The third kappa shape index (κ3) is 3.69. The van der Waals surface area contributed by atoms with Crippen LogP contribution in [0, 0.1) is 17.8 Å². The van der Waals surface area contributed by atoms with E-state index in [1.165, 1.54) is 32.2 Å². The molecule has 1 saturated carbocycles. The summed E-state index contributed by atoms with van der Waals surface area (Å²) in [6.07, 6.45) is 5.93. The molecule has 0 aromatic carbocycles. The van der Waals surface area contributed by atoms with Crippen LogP contribution < -0.4 is 0 Å². The van der Waals surface area contributed by atoms with Gasteiger partial charge >= 0.3 is 0 Å². The number of ether oxygens (including phenoxy) is 1. The van der Waals surface area contributed by atoms with E-state index >= 15 is 0 Å². The Bertz CT molecular complexity index is 247. The van der Waals surface area contributed by atoms with E-state index in [1.807, 2.05) is 0 Å². The summed E-state index contributed by atoms with van der Waals surface area (Å²) in [4.78, 5) is 2.54. The summed E-state index contributed by atoms with van der Waals surface area (Å²) < 4.78 is 5.24. The summed E-state index contributed by atoms with van der Waals surface area (Å²) in [6, 6.07) is 0. The van der Waals surface area contributed by atoms with E-state index in [1.54, 1.807) is 7.11 Å². The lowest BCUT2D eigenvalue weighted by Crippen LogP contribution is -2.38. The Morgan fingerprint density at radius 2 is 2.06 bits per heavy atom. The molecule has 1 aliphatic carbocycles. The molecule has 1 saturated heterocycles. The molecule has 3 nitrogen and oxygen atoms in total. The maximum atomic E-state index is 10.2. The molecule has 0 bridgehead atoms. The predicted molar refractivity (Wildman–Crippen MR) is 73.6 cm³/mol. The average molecular weight is 255 g/mol. The highest BCUT2D eigenvalue weighted by atomic mass is 16.5. The van der Waals surface area contributed by atoms with Crippen molar-refractivity contribution < 1.29 is 9.84 Å². The molecule has 0 radical (unpaired) electrons. The molecule has 0 aromatic rings. The van der Waals surface area contributed by atoms with Gasteiger partial charge < -0.3 is 14.7 Å². The van der Waals surface area contributed by atoms with Gasteiger partial charge in [-0.1, -0.05) is 13.3 Å². The quantitative estimate of drug-likeness (QED) is 0.817. The maximum Gasteiger partial charge on any atom is 0.0580 e. The molecule has 0 amide bonds. The number of hydrogen-bond donors (Lipinski definition) is 1. The lowest BCUT2D eigenvalue weighted by Gasteiger charge is -2.35. The first-order valence-electron chi connectivity index (χ1n) is 7.62. The van der Waals surface area contributed by atoms with Crippen molar-refractivity contribution >= 4 is 0 Å². The van der Waals surface area contributed by atoms with Crippen molar-refractivity contribution in [3.05, 3.63) is 0 Å². The van der Waals surface area contributed by atoms with E-state index in [-0.39, 0.29) is 6.10 Å². The summed E-state index contributed by atoms with van der Waals surface area (Å²) in [5.74, 6) is 2.05. The second-order valence-corrected chi connectivity index (χ2v) is 6.28. The Morgan fingerprint density at radius 1 is 1.22 bits per heavy atom. The highest BCUT2D eigenvalue weighted by Gasteiger charge is 2.31. The molecule has 4 atom stereocenters. The summed E-state index contributed by atoms with van der Waals surface area (Å²) in [5.41, 5.74) is 0. The predicted octanol–water partition coefficient (Wildman–Crippen LogP) is 2.14. The molecule has 1 aliphatic heterocycles. The molecule has 0 spiro atoms. The second-order valence-electron chi connectivity index (χ2n) is 6.28. The smallest absolute Gasteiger partial charge is 0.0580 e. The summed E-state index contributed by atoms with van der Waals surface area (Å²) >= 11 is 0. The molecular weight excluding hydrogens is 226 g/mol. The molecular formula is C15H29NO2. The molecule has 2 aliphatic rings. The standard InChI is InChI=1S/C15H29NO2/c1-3-12-4-5-15(17)14(8-12)10-16-7-6-13(9-16)11-18-2/h12-15,17H,3-11H2,1-2H3. The van der Waals surface area contributed by atoms with Gasteiger partial charge in [0.05, 0.1) is 12.7 Å². The third-order valence-corrected chi connectivity index (χ3v) is 4.89. The third-order valence-electron chi connectivity index (χ3n) is 4.89. The fourth-order valence-corrected chi connectivity index (χ4v) is 3.69. The van der Waals surface area contributed by atoms with Gasteiger partial charge in [-0.25, -0.2) is 0 Å². The lowest BCUT2D eigenvalue weighted by molar-refractivity contribution is 0.0293. The Morgan fingerprint density at radius 3 is 2.78 bits per heavy atom. The van der Waals surface area contributed by atoms with E-state index in [0.717, 1.165) is 32.0 Å². The van der Waals surface area contributed by atoms with Crippen LogP contribution in [0.3, 0.4) is 0 Å². The second kappa shape index (κ2) is 6.88. The first-order chi connectivity index (χ1) is 8.72. The first kappa shape index (κ1) is 14.3. The van der Waals surface area contributed by atoms with Crippen LogP contribution in [0.15, 0.2) is 0 Å². The Hall–Kier alpha value is -0.120. The zero-order chi connectivity index (χ0) is 13.0. The van der Waals surface area contributed by atoms with Crippen LogP contribution in [0.4, 0.5) is 0 Å². The minimum Gasteiger partial charge on any atom is -0.393 e. The van der Waals surface area contributed by atoms with Crippen LogP contribution in [-0.4, -0.2) is 49.5 Å². The maximum absolute atomic E-state index is 10.2. The van der Waals surface area contributed by atoms with Crippen LogP contribution >= 0.6 is 0 Å². The topological polar surface area (TPSA) is 32.7 Å². The van der Waals surface area contributed by atoms with Crippen molar-refractivity contribution in [2.75, 3.05) is 33.4 Å². The van der Waals surface area contributed by atoms with Crippen molar-refractivity contribution in [3.63, 3.8) is 0 Å². The normalized spacial score (nSPS) is 38.2. The number of methoxy groups -OCH3 is 1. The van der Waals surface area contributed by atoms with Crippen LogP contribution in [0.2, 0.25) is 0 Å². The fraction of sp³-hybridized carbons (Fsp3) is 1.00. The van der Waals surface area contributed by atoms with Gasteiger partial charge in [0, 0.05) is 20.2 Å². The Kier molecular flexibility index (Phi) is 5.46. The van der Waals surface area contributed by atoms with Crippen LogP contribution in [0.1, 0.15) is 39.0 Å². The Balaban J connectivity index is 1.78. The van der Waals surface area contributed by atoms with Gasteiger partial charge in [-0.05, 0) is 50.0 Å². The van der Waals surface area contributed by atoms with Gasteiger partial charge in [-0.15, -0.1) is 0 Å². The van der Waals surface area contributed by atoms with Crippen molar-refractivity contribution in [1.29, 1.82) is 0 Å². The van der Waals surface area contributed by atoms with Crippen molar-refractivity contribution in [3.8, 4) is 0 Å². The molecule has 1 N–H and O–H groups in total. The summed E-state index contributed by atoms with van der Waals surface area (Å²) in [6.45, 7) is 6.62. The number of likely N-dealkylation sites (tertiary alicyclic amines) is 1. The highest BCUT2D eigenvalue weighted by molar-refractivity contribution is 4.84. The van der Waals surface area contributed by atoms with Crippen LogP contribution in [-0.2, 0) is 4.74 Å².